The van der Waals surface area contributed by atoms with Crippen LogP contribution in [0.3, 0.4) is 0 Å². The number of halogens is 3. The topological polar surface area (TPSA) is 36.3 Å². The van der Waals surface area contributed by atoms with Gasteiger partial charge in [0.1, 0.15) is 17.6 Å². The Morgan fingerprint density at radius 1 is 1.27 bits per heavy atom. The molecular weight excluding hydrogens is 394 g/mol. The van der Waals surface area contributed by atoms with E-state index in [1.807, 2.05) is 12.1 Å². The fraction of sp³-hybridized carbons (Fsp3) is 0.316. The molecule has 0 aromatic heterocycles. The third-order valence-corrected chi connectivity index (χ3v) is 6.23. The van der Waals surface area contributed by atoms with Gasteiger partial charge in [-0.2, -0.15) is 5.26 Å². The maximum absolute atomic E-state index is 13.7. The molecule has 1 heterocycles. The molecule has 136 valence electrons. The predicted octanol–water partition coefficient (Wildman–Crippen LogP) is 5.80. The highest BCUT2D eigenvalue weighted by Crippen LogP contribution is 2.42. The number of hydrogen-bond donors (Lipinski definition) is 0. The van der Waals surface area contributed by atoms with Gasteiger partial charge in [0.2, 0.25) is 0 Å². The van der Waals surface area contributed by atoms with Crippen molar-refractivity contribution in [3.8, 4) is 11.8 Å². The fourth-order valence-corrected chi connectivity index (χ4v) is 4.53. The van der Waals surface area contributed by atoms with Crippen LogP contribution in [0.1, 0.15) is 18.9 Å². The number of hydrogen-bond acceptors (Lipinski definition) is 4. The molecule has 0 unspecified atom stereocenters. The first-order valence-corrected chi connectivity index (χ1v) is 9.68. The van der Waals surface area contributed by atoms with E-state index in [9.17, 15) is 4.39 Å². The zero-order valence-corrected chi connectivity index (χ0v) is 16.5. The molecule has 1 aliphatic heterocycles. The summed E-state index contributed by atoms with van der Waals surface area (Å²) in [7, 11) is 0. The van der Waals surface area contributed by atoms with Crippen molar-refractivity contribution in [1.29, 1.82) is 5.26 Å². The van der Waals surface area contributed by atoms with Crippen molar-refractivity contribution in [3.05, 3.63) is 57.8 Å². The number of benzene rings is 2. The van der Waals surface area contributed by atoms with Crippen molar-refractivity contribution in [3.63, 3.8) is 0 Å². The SMILES string of the molecule is CCC1(COc2ccc(C#N)c(F)c2)CN(Sc2ccc(Cl)cc2Cl)C1. The average molecular weight is 411 g/mol. The zero-order valence-electron chi connectivity index (χ0n) is 14.1. The molecule has 0 saturated carbocycles. The molecule has 1 fully saturated rings. The molecule has 26 heavy (non-hydrogen) atoms. The van der Waals surface area contributed by atoms with Crippen LogP contribution >= 0.6 is 35.1 Å². The van der Waals surface area contributed by atoms with E-state index >= 15 is 0 Å². The standard InChI is InChI=1S/C19H17Cl2FN2OS/c1-2-19(12-25-15-5-3-13(9-23)17(22)8-15)10-24(11-19)26-18-6-4-14(20)7-16(18)21/h3-8H,2,10-12H2,1H3. The normalized spacial score (nSPS) is 16.0. The van der Waals surface area contributed by atoms with Gasteiger partial charge in [0.05, 0.1) is 17.2 Å². The van der Waals surface area contributed by atoms with Gasteiger partial charge in [0.25, 0.3) is 0 Å². The lowest BCUT2D eigenvalue weighted by Crippen LogP contribution is -2.55. The third-order valence-electron chi connectivity index (χ3n) is 4.50. The molecule has 1 saturated heterocycles. The lowest BCUT2D eigenvalue weighted by atomic mass is 9.80. The van der Waals surface area contributed by atoms with Gasteiger partial charge in [-0.25, -0.2) is 8.70 Å². The van der Waals surface area contributed by atoms with Crippen LogP contribution in [0.25, 0.3) is 0 Å². The molecule has 2 aromatic rings. The second-order valence-corrected chi connectivity index (χ2v) is 8.34. The first-order valence-electron chi connectivity index (χ1n) is 8.15. The molecule has 0 spiro atoms. The Kier molecular flexibility index (Phi) is 5.99. The Hall–Kier alpha value is -1.45. The van der Waals surface area contributed by atoms with Gasteiger partial charge < -0.3 is 4.74 Å². The summed E-state index contributed by atoms with van der Waals surface area (Å²) in [5.74, 6) is -0.111. The summed E-state index contributed by atoms with van der Waals surface area (Å²) in [6.45, 7) is 4.33. The van der Waals surface area contributed by atoms with Crippen LogP contribution in [-0.2, 0) is 0 Å². The molecule has 0 N–H and O–H groups in total. The Morgan fingerprint density at radius 2 is 2.04 bits per heavy atom. The van der Waals surface area contributed by atoms with Crippen LogP contribution in [0.4, 0.5) is 4.39 Å². The van der Waals surface area contributed by atoms with Gasteiger partial charge in [0, 0.05) is 34.5 Å². The van der Waals surface area contributed by atoms with E-state index in [4.69, 9.17) is 33.2 Å². The van der Waals surface area contributed by atoms with Crippen LogP contribution in [0.5, 0.6) is 5.75 Å². The Bertz CT molecular complexity index is 850. The summed E-state index contributed by atoms with van der Waals surface area (Å²) < 4.78 is 21.7. The molecule has 0 atom stereocenters. The summed E-state index contributed by atoms with van der Waals surface area (Å²) in [5.41, 5.74) is 0.0460. The maximum Gasteiger partial charge on any atom is 0.144 e. The minimum absolute atomic E-state index is 0.0219. The van der Waals surface area contributed by atoms with Crippen LogP contribution in [0.2, 0.25) is 10.0 Å². The van der Waals surface area contributed by atoms with Gasteiger partial charge in [-0.1, -0.05) is 30.1 Å². The van der Waals surface area contributed by atoms with E-state index in [1.54, 1.807) is 30.1 Å². The highest BCUT2D eigenvalue weighted by Gasteiger charge is 2.43. The largest absolute Gasteiger partial charge is 0.493 e. The Labute approximate surface area is 166 Å². The van der Waals surface area contributed by atoms with E-state index in [2.05, 4.69) is 11.2 Å². The van der Waals surface area contributed by atoms with E-state index in [0.717, 1.165) is 24.4 Å². The minimum atomic E-state index is -0.557. The van der Waals surface area contributed by atoms with Crippen molar-refractivity contribution < 1.29 is 9.13 Å². The van der Waals surface area contributed by atoms with Crippen LogP contribution < -0.4 is 4.74 Å². The molecule has 0 radical (unpaired) electrons. The van der Waals surface area contributed by atoms with Crippen molar-refractivity contribution in [2.75, 3.05) is 19.7 Å². The molecule has 0 amide bonds. The van der Waals surface area contributed by atoms with Crippen molar-refractivity contribution in [2.24, 2.45) is 5.41 Å². The second-order valence-electron chi connectivity index (χ2n) is 6.36. The van der Waals surface area contributed by atoms with Gasteiger partial charge in [0.15, 0.2) is 0 Å². The molecule has 3 nitrogen and oxygen atoms in total. The van der Waals surface area contributed by atoms with Crippen LogP contribution in [-0.4, -0.2) is 24.0 Å². The quantitative estimate of drug-likeness (QED) is 0.563. The minimum Gasteiger partial charge on any atom is -0.493 e. The third kappa shape index (κ3) is 4.27. The summed E-state index contributed by atoms with van der Waals surface area (Å²) in [4.78, 5) is 0.968. The van der Waals surface area contributed by atoms with E-state index in [1.165, 1.54) is 12.1 Å². The Balaban J connectivity index is 1.57. The van der Waals surface area contributed by atoms with Gasteiger partial charge in [-0.15, -0.1) is 0 Å². The molecule has 0 bridgehead atoms. The lowest BCUT2D eigenvalue weighted by Gasteiger charge is -2.48. The summed E-state index contributed by atoms with van der Waals surface area (Å²) in [6, 6.07) is 11.6. The summed E-state index contributed by atoms with van der Waals surface area (Å²) in [5, 5.41) is 10.0. The van der Waals surface area contributed by atoms with Gasteiger partial charge in [-0.3, -0.25) is 0 Å². The monoisotopic (exact) mass is 410 g/mol. The van der Waals surface area contributed by atoms with Crippen LogP contribution in [0, 0.1) is 22.6 Å². The lowest BCUT2D eigenvalue weighted by molar-refractivity contribution is 0.0218. The number of nitrogens with zero attached hydrogens (tertiary/aromatic N) is 2. The van der Waals surface area contributed by atoms with E-state index in [-0.39, 0.29) is 11.0 Å². The van der Waals surface area contributed by atoms with Crippen molar-refractivity contribution in [1.82, 2.24) is 4.31 Å². The fourth-order valence-electron chi connectivity index (χ4n) is 2.78. The number of ether oxygens (including phenoxy) is 1. The molecule has 1 aliphatic rings. The molecule has 3 rings (SSSR count). The van der Waals surface area contributed by atoms with Gasteiger partial charge in [-0.05, 0) is 48.7 Å². The second kappa shape index (κ2) is 8.06. The first kappa shape index (κ1) is 19.3. The van der Waals surface area contributed by atoms with Crippen molar-refractivity contribution in [2.45, 2.75) is 18.2 Å². The Morgan fingerprint density at radius 3 is 2.65 bits per heavy atom. The summed E-state index contributed by atoms with van der Waals surface area (Å²) in [6.07, 6.45) is 0.956. The number of rotatable bonds is 6. The summed E-state index contributed by atoms with van der Waals surface area (Å²) >= 11 is 13.8. The highest BCUT2D eigenvalue weighted by molar-refractivity contribution is 7.97. The molecule has 2 aromatic carbocycles. The molecular formula is C19H17Cl2FN2OS. The van der Waals surface area contributed by atoms with Crippen molar-refractivity contribution >= 4 is 35.1 Å². The molecule has 7 heteroatoms. The average Bonchev–Trinajstić information content (AvgIpc) is 2.59. The smallest absolute Gasteiger partial charge is 0.144 e. The molecule has 0 aliphatic carbocycles. The zero-order chi connectivity index (χ0) is 18.7. The van der Waals surface area contributed by atoms with E-state index < -0.39 is 5.82 Å². The van der Waals surface area contributed by atoms with Gasteiger partial charge >= 0.3 is 0 Å². The van der Waals surface area contributed by atoms with E-state index in [0.29, 0.717) is 22.4 Å². The van der Waals surface area contributed by atoms with Crippen LogP contribution in [0.15, 0.2) is 41.3 Å². The number of nitriles is 1. The maximum atomic E-state index is 13.7. The predicted molar refractivity (Wildman–Crippen MR) is 103 cm³/mol. The first-order chi connectivity index (χ1) is 12.4. The highest BCUT2D eigenvalue weighted by atomic mass is 35.5.